The zero-order valence-electron chi connectivity index (χ0n) is 13.1. The first-order valence-corrected chi connectivity index (χ1v) is 8.18. The second-order valence-corrected chi connectivity index (χ2v) is 6.95. The maximum Gasteiger partial charge on any atom is 0.309 e. The molecule has 0 aromatic rings. The van der Waals surface area contributed by atoms with Crippen LogP contribution in [0.15, 0.2) is 0 Å². The number of carbonyl (C=O) groups is 2. The van der Waals surface area contributed by atoms with Crippen LogP contribution in [0.1, 0.15) is 58.3 Å². The first-order valence-electron chi connectivity index (χ1n) is 8.18. The van der Waals surface area contributed by atoms with E-state index in [1.807, 2.05) is 11.8 Å². The summed E-state index contributed by atoms with van der Waals surface area (Å²) in [6.07, 6.45) is 6.55. The van der Waals surface area contributed by atoms with Gasteiger partial charge in [0.15, 0.2) is 0 Å². The number of carbonyl (C=O) groups excluding carboxylic acids is 1. The van der Waals surface area contributed by atoms with Gasteiger partial charge < -0.3 is 15.7 Å². The highest BCUT2D eigenvalue weighted by Gasteiger charge is 2.43. The molecule has 1 saturated heterocycles. The van der Waals surface area contributed by atoms with E-state index in [-0.39, 0.29) is 11.3 Å². The van der Waals surface area contributed by atoms with Gasteiger partial charge in [0.05, 0.1) is 5.41 Å². The van der Waals surface area contributed by atoms with Crippen molar-refractivity contribution in [1.82, 2.24) is 4.90 Å². The minimum Gasteiger partial charge on any atom is -0.481 e. The van der Waals surface area contributed by atoms with Crippen LogP contribution < -0.4 is 5.73 Å². The molecule has 2 aliphatic rings. The van der Waals surface area contributed by atoms with Crippen molar-refractivity contribution >= 4 is 11.9 Å². The van der Waals surface area contributed by atoms with E-state index in [9.17, 15) is 14.7 Å². The van der Waals surface area contributed by atoms with Gasteiger partial charge in [-0.25, -0.2) is 0 Å². The van der Waals surface area contributed by atoms with Crippen LogP contribution in [0.2, 0.25) is 0 Å². The lowest BCUT2D eigenvalue weighted by Crippen LogP contribution is -2.49. The van der Waals surface area contributed by atoms with E-state index >= 15 is 0 Å². The normalized spacial score (nSPS) is 23.4. The molecule has 2 fully saturated rings. The van der Waals surface area contributed by atoms with Crippen LogP contribution in [0.5, 0.6) is 0 Å². The fourth-order valence-corrected chi connectivity index (χ4v) is 3.80. The smallest absolute Gasteiger partial charge is 0.309 e. The van der Waals surface area contributed by atoms with E-state index in [1.165, 1.54) is 6.42 Å². The monoisotopic (exact) mass is 296 g/mol. The van der Waals surface area contributed by atoms with Crippen molar-refractivity contribution in [3.8, 4) is 0 Å². The summed E-state index contributed by atoms with van der Waals surface area (Å²) in [6.45, 7) is 3.75. The van der Waals surface area contributed by atoms with Crippen molar-refractivity contribution < 1.29 is 14.7 Å². The van der Waals surface area contributed by atoms with Crippen molar-refractivity contribution in [1.29, 1.82) is 0 Å². The van der Waals surface area contributed by atoms with Crippen LogP contribution >= 0.6 is 0 Å². The zero-order valence-corrected chi connectivity index (χ0v) is 13.1. The van der Waals surface area contributed by atoms with E-state index in [1.54, 1.807) is 0 Å². The summed E-state index contributed by atoms with van der Waals surface area (Å²) in [4.78, 5) is 25.8. The van der Waals surface area contributed by atoms with Gasteiger partial charge in [-0.1, -0.05) is 19.8 Å². The number of nitrogens with two attached hydrogens (primary N) is 1. The predicted molar refractivity (Wildman–Crippen MR) is 80.7 cm³/mol. The van der Waals surface area contributed by atoms with E-state index in [0.29, 0.717) is 45.3 Å². The Labute approximate surface area is 126 Å². The molecule has 0 aromatic carbocycles. The van der Waals surface area contributed by atoms with E-state index in [2.05, 4.69) is 0 Å². The van der Waals surface area contributed by atoms with E-state index < -0.39 is 11.4 Å². The first-order chi connectivity index (χ1) is 9.97. The largest absolute Gasteiger partial charge is 0.481 e. The highest BCUT2D eigenvalue weighted by atomic mass is 16.4. The molecule has 0 bridgehead atoms. The molecule has 5 heteroatoms. The molecule has 0 spiro atoms. The summed E-state index contributed by atoms with van der Waals surface area (Å²) in [7, 11) is 0. The van der Waals surface area contributed by atoms with E-state index in [0.717, 1.165) is 19.3 Å². The number of hydrogen-bond donors (Lipinski definition) is 2. The number of aliphatic carboxylic acids is 1. The van der Waals surface area contributed by atoms with Crippen molar-refractivity contribution in [2.45, 2.75) is 58.3 Å². The average molecular weight is 296 g/mol. The Morgan fingerprint density at radius 3 is 2.19 bits per heavy atom. The van der Waals surface area contributed by atoms with Crippen LogP contribution in [0.4, 0.5) is 0 Å². The molecular formula is C16H28N2O3. The molecule has 0 radical (unpaired) electrons. The first kappa shape index (κ1) is 16.3. The Morgan fingerprint density at radius 1 is 1.19 bits per heavy atom. The van der Waals surface area contributed by atoms with Crippen molar-refractivity contribution in [2.24, 2.45) is 16.6 Å². The fourth-order valence-electron chi connectivity index (χ4n) is 3.80. The summed E-state index contributed by atoms with van der Waals surface area (Å²) in [5, 5.41) is 9.50. The summed E-state index contributed by atoms with van der Waals surface area (Å²) in [5.41, 5.74) is 5.23. The third-order valence-electron chi connectivity index (χ3n) is 5.63. The summed E-state index contributed by atoms with van der Waals surface area (Å²) >= 11 is 0. The molecule has 0 aromatic heterocycles. The molecule has 5 nitrogen and oxygen atoms in total. The maximum absolute atomic E-state index is 12.4. The maximum atomic E-state index is 12.4. The minimum atomic E-state index is -0.700. The lowest BCUT2D eigenvalue weighted by atomic mass is 9.66. The predicted octanol–water partition coefficient (Wildman–Crippen LogP) is 2.00. The molecule has 0 atom stereocenters. The van der Waals surface area contributed by atoms with Gasteiger partial charge in [-0.2, -0.15) is 0 Å². The molecule has 21 heavy (non-hydrogen) atoms. The molecular weight excluding hydrogens is 268 g/mol. The molecule has 1 saturated carbocycles. The van der Waals surface area contributed by atoms with Gasteiger partial charge in [0.1, 0.15) is 0 Å². The van der Waals surface area contributed by atoms with Crippen molar-refractivity contribution in [2.75, 3.05) is 19.6 Å². The highest BCUT2D eigenvalue weighted by molar-refractivity contribution is 5.79. The molecule has 0 unspecified atom stereocenters. The van der Waals surface area contributed by atoms with Gasteiger partial charge in [-0.05, 0) is 44.1 Å². The van der Waals surface area contributed by atoms with Gasteiger partial charge in [0.2, 0.25) is 5.91 Å². The number of rotatable bonds is 6. The van der Waals surface area contributed by atoms with Crippen molar-refractivity contribution in [3.05, 3.63) is 0 Å². The number of piperidine rings is 1. The third-order valence-corrected chi connectivity index (χ3v) is 5.63. The fraction of sp³-hybridized carbons (Fsp3) is 0.875. The van der Waals surface area contributed by atoms with Gasteiger partial charge >= 0.3 is 5.97 Å². The molecule has 2 rings (SSSR count). The Balaban J connectivity index is 1.91. The standard InChI is InChI=1S/C16H28N2O3/c1-2-4-16(14(20)21)7-9-18(10-8-16)13(19)11-15(12-17)5-3-6-15/h2-12,17H2,1H3,(H,20,21). The molecule has 1 aliphatic carbocycles. The van der Waals surface area contributed by atoms with Crippen LogP contribution in [-0.4, -0.2) is 41.5 Å². The highest BCUT2D eigenvalue weighted by Crippen LogP contribution is 2.44. The summed E-state index contributed by atoms with van der Waals surface area (Å²) < 4.78 is 0. The molecule has 1 amide bonds. The second-order valence-electron chi connectivity index (χ2n) is 6.95. The number of nitrogens with zero attached hydrogens (tertiary/aromatic N) is 1. The van der Waals surface area contributed by atoms with Gasteiger partial charge in [-0.3, -0.25) is 9.59 Å². The Hall–Kier alpha value is -1.10. The van der Waals surface area contributed by atoms with Crippen LogP contribution in [0.3, 0.4) is 0 Å². The van der Waals surface area contributed by atoms with Crippen LogP contribution in [0, 0.1) is 10.8 Å². The average Bonchev–Trinajstić information content (AvgIpc) is 2.43. The Bertz CT molecular complexity index is 391. The van der Waals surface area contributed by atoms with Gasteiger partial charge in [-0.15, -0.1) is 0 Å². The van der Waals surface area contributed by atoms with Crippen LogP contribution in [0.25, 0.3) is 0 Å². The topological polar surface area (TPSA) is 83.6 Å². The number of likely N-dealkylation sites (tertiary alicyclic amines) is 1. The number of hydrogen-bond acceptors (Lipinski definition) is 3. The number of amides is 1. The quantitative estimate of drug-likeness (QED) is 0.785. The number of carboxylic acid groups (broad SMARTS) is 1. The number of carboxylic acids is 1. The minimum absolute atomic E-state index is 0.0296. The zero-order chi connectivity index (χ0) is 15.5. The van der Waals surface area contributed by atoms with E-state index in [4.69, 9.17) is 5.73 Å². The van der Waals surface area contributed by atoms with Crippen LogP contribution in [-0.2, 0) is 9.59 Å². The SMILES string of the molecule is CCCC1(C(=O)O)CCN(C(=O)CC2(CN)CCC2)CC1. The molecule has 120 valence electrons. The Kier molecular flexibility index (Phi) is 4.91. The van der Waals surface area contributed by atoms with Crippen molar-refractivity contribution in [3.63, 3.8) is 0 Å². The Morgan fingerprint density at radius 2 is 1.81 bits per heavy atom. The summed E-state index contributed by atoms with van der Waals surface area (Å²) in [6, 6.07) is 0. The third kappa shape index (κ3) is 3.23. The van der Waals surface area contributed by atoms with Gasteiger partial charge in [0, 0.05) is 19.5 Å². The van der Waals surface area contributed by atoms with Gasteiger partial charge in [0.25, 0.3) is 0 Å². The molecule has 1 aliphatic heterocycles. The summed E-state index contributed by atoms with van der Waals surface area (Å²) in [5.74, 6) is -0.537. The molecule has 3 N–H and O–H groups in total. The second kappa shape index (κ2) is 6.34. The lowest BCUT2D eigenvalue weighted by Gasteiger charge is -2.43. The lowest BCUT2D eigenvalue weighted by molar-refractivity contribution is -0.155. The molecule has 1 heterocycles.